The van der Waals surface area contributed by atoms with Gasteiger partial charge in [0, 0.05) is 11.3 Å². The summed E-state index contributed by atoms with van der Waals surface area (Å²) < 4.78 is 1.45. The third-order valence-corrected chi connectivity index (χ3v) is 3.78. The highest BCUT2D eigenvalue weighted by Crippen LogP contribution is 2.33. The van der Waals surface area contributed by atoms with E-state index >= 15 is 0 Å². The van der Waals surface area contributed by atoms with Crippen molar-refractivity contribution in [1.82, 2.24) is 20.2 Å². The van der Waals surface area contributed by atoms with Crippen LogP contribution < -0.4 is 5.73 Å². The van der Waals surface area contributed by atoms with Gasteiger partial charge in [0.2, 0.25) is 0 Å². The number of nitrogen functional groups attached to an aromatic ring is 1. The van der Waals surface area contributed by atoms with Gasteiger partial charge in [-0.3, -0.25) is 0 Å². The Kier molecular flexibility index (Phi) is 3.71. The van der Waals surface area contributed by atoms with Gasteiger partial charge in [-0.1, -0.05) is 40.9 Å². The van der Waals surface area contributed by atoms with Gasteiger partial charge in [0.05, 0.1) is 15.1 Å². The minimum absolute atomic E-state index is 0.426. The fraction of sp³-hybridized carbons (Fsp3) is 0. The molecule has 21 heavy (non-hydrogen) atoms. The van der Waals surface area contributed by atoms with E-state index in [0.717, 1.165) is 0 Å². The van der Waals surface area contributed by atoms with E-state index in [4.69, 9.17) is 40.5 Å². The second kappa shape index (κ2) is 5.52. The van der Waals surface area contributed by atoms with E-state index in [1.54, 1.807) is 36.4 Å². The lowest BCUT2D eigenvalue weighted by atomic mass is 10.2. The first-order valence-corrected chi connectivity index (χ1v) is 6.99. The van der Waals surface area contributed by atoms with Crippen molar-refractivity contribution < 1.29 is 0 Å². The van der Waals surface area contributed by atoms with Gasteiger partial charge >= 0.3 is 0 Å². The van der Waals surface area contributed by atoms with E-state index in [0.29, 0.717) is 37.8 Å². The van der Waals surface area contributed by atoms with Crippen molar-refractivity contribution in [2.24, 2.45) is 0 Å². The van der Waals surface area contributed by atoms with Crippen molar-refractivity contribution in [2.45, 2.75) is 0 Å². The molecule has 0 spiro atoms. The average molecular weight is 341 g/mol. The zero-order valence-corrected chi connectivity index (χ0v) is 12.7. The molecule has 0 fully saturated rings. The lowest BCUT2D eigenvalue weighted by Gasteiger charge is -2.09. The van der Waals surface area contributed by atoms with Gasteiger partial charge in [-0.05, 0) is 40.8 Å². The van der Waals surface area contributed by atoms with E-state index in [1.165, 1.54) is 4.68 Å². The molecule has 3 aromatic rings. The number of tetrazole rings is 1. The molecule has 1 aromatic heterocycles. The molecule has 8 heteroatoms. The highest BCUT2D eigenvalue weighted by atomic mass is 35.5. The van der Waals surface area contributed by atoms with Gasteiger partial charge in [-0.2, -0.15) is 4.68 Å². The normalized spacial score (nSPS) is 10.8. The summed E-state index contributed by atoms with van der Waals surface area (Å²) in [6.07, 6.45) is 0. The first-order valence-electron chi connectivity index (χ1n) is 5.86. The Bertz CT molecular complexity index is 795. The maximum absolute atomic E-state index is 6.21. The largest absolute Gasteiger partial charge is 0.399 e. The second-order valence-corrected chi connectivity index (χ2v) is 5.45. The molecule has 3 rings (SSSR count). The number of hydrogen-bond donors (Lipinski definition) is 1. The smallest absolute Gasteiger partial charge is 0.188 e. The van der Waals surface area contributed by atoms with Crippen LogP contribution in [0.4, 0.5) is 5.69 Å². The van der Waals surface area contributed by atoms with Crippen LogP contribution in [0, 0.1) is 0 Å². The van der Waals surface area contributed by atoms with Crippen LogP contribution >= 0.6 is 34.8 Å². The fourth-order valence-corrected chi connectivity index (χ4v) is 2.74. The third-order valence-electron chi connectivity index (χ3n) is 2.85. The van der Waals surface area contributed by atoms with Gasteiger partial charge in [-0.25, -0.2) is 0 Å². The molecule has 0 aliphatic rings. The zero-order chi connectivity index (χ0) is 15.0. The van der Waals surface area contributed by atoms with Crippen molar-refractivity contribution in [3.8, 4) is 17.1 Å². The van der Waals surface area contributed by atoms with Crippen LogP contribution in [-0.2, 0) is 0 Å². The molecule has 0 amide bonds. The van der Waals surface area contributed by atoms with Gasteiger partial charge < -0.3 is 5.73 Å². The molecule has 0 unspecified atom stereocenters. The lowest BCUT2D eigenvalue weighted by Crippen LogP contribution is -2.02. The van der Waals surface area contributed by atoms with Crippen molar-refractivity contribution in [2.75, 3.05) is 5.73 Å². The SMILES string of the molecule is Nc1ccc(-c2nnnn2-c2c(Cl)cccc2Cl)c(Cl)c1. The first-order chi connectivity index (χ1) is 10.1. The maximum atomic E-state index is 6.21. The van der Waals surface area contributed by atoms with Crippen molar-refractivity contribution >= 4 is 40.5 Å². The van der Waals surface area contributed by atoms with E-state index in [-0.39, 0.29) is 0 Å². The number of aromatic nitrogens is 4. The summed E-state index contributed by atoms with van der Waals surface area (Å²) in [6, 6.07) is 10.2. The van der Waals surface area contributed by atoms with Crippen LogP contribution in [0.2, 0.25) is 15.1 Å². The van der Waals surface area contributed by atoms with Crippen LogP contribution in [0.15, 0.2) is 36.4 Å². The standard InChI is InChI=1S/C13H8Cl3N5/c14-9-2-1-3-10(15)12(9)21-13(18-19-20-21)8-5-4-7(17)6-11(8)16/h1-6H,17H2. The van der Waals surface area contributed by atoms with Crippen LogP contribution in [0.3, 0.4) is 0 Å². The van der Waals surface area contributed by atoms with Crippen LogP contribution in [0.5, 0.6) is 0 Å². The minimum Gasteiger partial charge on any atom is -0.399 e. The quantitative estimate of drug-likeness (QED) is 0.719. The molecular formula is C13H8Cl3N5. The van der Waals surface area contributed by atoms with E-state index in [9.17, 15) is 0 Å². The predicted molar refractivity (Wildman–Crippen MR) is 84.0 cm³/mol. The molecule has 0 bridgehead atoms. The topological polar surface area (TPSA) is 69.6 Å². The summed E-state index contributed by atoms with van der Waals surface area (Å²) in [4.78, 5) is 0. The Balaban J connectivity index is 2.22. The average Bonchev–Trinajstić information content (AvgIpc) is 2.87. The van der Waals surface area contributed by atoms with Gasteiger partial charge in [0.1, 0.15) is 5.69 Å². The second-order valence-electron chi connectivity index (χ2n) is 4.22. The molecule has 5 nitrogen and oxygen atoms in total. The molecule has 0 radical (unpaired) electrons. The molecule has 0 saturated heterocycles. The molecule has 106 valence electrons. The number of hydrogen-bond acceptors (Lipinski definition) is 4. The highest BCUT2D eigenvalue weighted by Gasteiger charge is 2.18. The van der Waals surface area contributed by atoms with Crippen molar-refractivity contribution in [1.29, 1.82) is 0 Å². The number of nitrogens with zero attached hydrogens (tertiary/aromatic N) is 4. The summed E-state index contributed by atoms with van der Waals surface area (Å²) in [7, 11) is 0. The summed E-state index contributed by atoms with van der Waals surface area (Å²) in [5.74, 6) is 0.426. The van der Waals surface area contributed by atoms with Crippen molar-refractivity contribution in [3.63, 3.8) is 0 Å². The summed E-state index contributed by atoms with van der Waals surface area (Å²) in [5.41, 5.74) is 7.37. The minimum atomic E-state index is 0.426. The predicted octanol–water partition coefficient (Wildman–Crippen LogP) is 3.87. The van der Waals surface area contributed by atoms with Gasteiger partial charge in [-0.15, -0.1) is 5.10 Å². The number of benzene rings is 2. The van der Waals surface area contributed by atoms with Gasteiger partial charge in [0.15, 0.2) is 5.82 Å². The Morgan fingerprint density at radius 2 is 1.67 bits per heavy atom. The number of nitrogens with two attached hydrogens (primary N) is 1. The Hall–Kier alpha value is -1.82. The zero-order valence-electron chi connectivity index (χ0n) is 10.5. The molecule has 2 N–H and O–H groups in total. The number of rotatable bonds is 2. The van der Waals surface area contributed by atoms with E-state index in [2.05, 4.69) is 15.5 Å². The van der Waals surface area contributed by atoms with E-state index < -0.39 is 0 Å². The van der Waals surface area contributed by atoms with Crippen molar-refractivity contribution in [3.05, 3.63) is 51.5 Å². The maximum Gasteiger partial charge on any atom is 0.188 e. The molecule has 0 saturated carbocycles. The van der Waals surface area contributed by atoms with Crippen LogP contribution in [0.25, 0.3) is 17.1 Å². The molecule has 1 heterocycles. The molecular weight excluding hydrogens is 333 g/mol. The third kappa shape index (κ3) is 2.55. The Morgan fingerprint density at radius 1 is 0.952 bits per heavy atom. The molecule has 2 aromatic carbocycles. The summed E-state index contributed by atoms with van der Waals surface area (Å²) in [6.45, 7) is 0. The highest BCUT2D eigenvalue weighted by molar-refractivity contribution is 6.37. The van der Waals surface area contributed by atoms with Gasteiger partial charge in [0.25, 0.3) is 0 Å². The first kappa shape index (κ1) is 14.1. The number of para-hydroxylation sites is 1. The lowest BCUT2D eigenvalue weighted by molar-refractivity contribution is 0.791. The van der Waals surface area contributed by atoms with Crippen LogP contribution in [-0.4, -0.2) is 20.2 Å². The Labute approximate surface area is 135 Å². The fourth-order valence-electron chi connectivity index (χ4n) is 1.91. The number of halogens is 3. The summed E-state index contributed by atoms with van der Waals surface area (Å²) >= 11 is 18.6. The molecule has 0 atom stereocenters. The molecule has 0 aliphatic heterocycles. The Morgan fingerprint density at radius 3 is 2.33 bits per heavy atom. The monoisotopic (exact) mass is 339 g/mol. The molecule has 0 aliphatic carbocycles. The summed E-state index contributed by atoms with van der Waals surface area (Å²) in [5, 5.41) is 12.9. The number of anilines is 1. The van der Waals surface area contributed by atoms with E-state index in [1.807, 2.05) is 0 Å². The van der Waals surface area contributed by atoms with Crippen LogP contribution in [0.1, 0.15) is 0 Å².